The molecule has 3 rings (SSSR count). The van der Waals surface area contributed by atoms with Gasteiger partial charge in [0.05, 0.1) is 27.5 Å². The summed E-state index contributed by atoms with van der Waals surface area (Å²) >= 11 is 16.9. The van der Waals surface area contributed by atoms with Gasteiger partial charge < -0.3 is 5.32 Å². The van der Waals surface area contributed by atoms with Gasteiger partial charge in [-0.05, 0) is 36.4 Å². The lowest BCUT2D eigenvalue weighted by molar-refractivity contribution is -0.143. The van der Waals surface area contributed by atoms with Crippen molar-refractivity contribution in [2.45, 2.75) is 18.5 Å². The summed E-state index contributed by atoms with van der Waals surface area (Å²) in [4.78, 5) is 15.9. The van der Waals surface area contributed by atoms with Crippen molar-refractivity contribution in [2.24, 2.45) is 0 Å². The third-order valence-electron chi connectivity index (χ3n) is 4.33. The number of anilines is 2. The zero-order valence-electron chi connectivity index (χ0n) is 16.3. The molecule has 0 spiro atoms. The maximum Gasteiger partial charge on any atom is 0.435 e. The topological polar surface area (TPSA) is 46.9 Å². The molecule has 4 nitrogen and oxygen atoms in total. The molecule has 2 aromatic carbocycles. The van der Waals surface area contributed by atoms with Crippen molar-refractivity contribution in [3.8, 4) is 5.69 Å². The van der Waals surface area contributed by atoms with Gasteiger partial charge in [-0.2, -0.15) is 39.5 Å². The zero-order valence-corrected chi connectivity index (χ0v) is 18.6. The first-order chi connectivity index (χ1) is 15.9. The fraction of sp³-hybridized carbons (Fsp3) is 0.158. The van der Waals surface area contributed by atoms with Crippen LogP contribution in [0.4, 0.5) is 51.1 Å². The maximum atomic E-state index is 13.4. The Morgan fingerprint density at radius 3 is 1.83 bits per heavy atom. The Labute approximate surface area is 203 Å². The lowest BCUT2D eigenvalue weighted by Gasteiger charge is -2.20. The van der Waals surface area contributed by atoms with E-state index < -0.39 is 62.6 Å². The molecule has 0 saturated carbocycles. The van der Waals surface area contributed by atoms with Crippen LogP contribution in [0.25, 0.3) is 5.69 Å². The fourth-order valence-corrected chi connectivity index (χ4v) is 3.43. The second-order valence-corrected chi connectivity index (χ2v) is 7.91. The van der Waals surface area contributed by atoms with Crippen molar-refractivity contribution < 1.29 is 39.5 Å². The van der Waals surface area contributed by atoms with Crippen LogP contribution >= 0.6 is 34.8 Å². The molecular formula is C19H7Cl3F9N3O. The number of hydrogen-bond acceptors (Lipinski definition) is 3. The summed E-state index contributed by atoms with van der Waals surface area (Å²) in [5, 5.41) is -0.688. The lowest BCUT2D eigenvalue weighted by atomic mass is 10.1. The normalized spacial score (nSPS) is 12.7. The molecule has 0 aliphatic rings. The number of aromatic nitrogens is 2. The van der Waals surface area contributed by atoms with Gasteiger partial charge in [-0.15, -0.1) is 0 Å². The van der Waals surface area contributed by atoms with Crippen LogP contribution in [0.1, 0.15) is 16.8 Å². The van der Waals surface area contributed by atoms with Crippen LogP contribution < -0.4 is 10.9 Å². The van der Waals surface area contributed by atoms with Crippen LogP contribution in [0.15, 0.2) is 41.2 Å². The molecule has 0 atom stereocenters. The molecule has 0 unspecified atom stereocenters. The number of halogens is 12. The highest BCUT2D eigenvalue weighted by Crippen LogP contribution is 2.44. The summed E-state index contributed by atoms with van der Waals surface area (Å²) < 4.78 is 120. The Kier molecular flexibility index (Phi) is 7.01. The quantitative estimate of drug-likeness (QED) is 0.325. The van der Waals surface area contributed by atoms with E-state index in [1.165, 1.54) is 12.1 Å². The number of benzene rings is 2. The van der Waals surface area contributed by atoms with Crippen LogP contribution in [0.5, 0.6) is 0 Å². The molecule has 0 radical (unpaired) electrons. The minimum atomic E-state index is -5.37. The second-order valence-electron chi connectivity index (χ2n) is 6.72. The van der Waals surface area contributed by atoms with Gasteiger partial charge in [0, 0.05) is 5.02 Å². The number of rotatable bonds is 3. The van der Waals surface area contributed by atoms with Gasteiger partial charge in [0.1, 0.15) is 5.02 Å². The summed E-state index contributed by atoms with van der Waals surface area (Å²) in [6, 6.07) is 4.51. The van der Waals surface area contributed by atoms with Gasteiger partial charge in [0.25, 0.3) is 5.56 Å². The molecule has 1 N–H and O–H groups in total. The van der Waals surface area contributed by atoms with Crippen molar-refractivity contribution in [1.82, 2.24) is 9.55 Å². The molecule has 0 aliphatic carbocycles. The standard InChI is InChI=1S/C19H7Cl3F9N3O/c20-8-1-3-9(4-2-8)34-15(35)13(22)14(19(29,30)31)33-16(34)32-11-6-7(17(23,24)25)5-10(12(11)21)18(26,27)28/h1-6H,(H,32,33). The number of nitrogens with zero attached hydrogens (tertiary/aromatic N) is 2. The first-order valence-corrected chi connectivity index (χ1v) is 9.95. The first-order valence-electron chi connectivity index (χ1n) is 8.82. The first kappa shape index (κ1) is 27.0. The van der Waals surface area contributed by atoms with Gasteiger partial charge in [0.2, 0.25) is 5.95 Å². The van der Waals surface area contributed by atoms with Crippen LogP contribution in [0.3, 0.4) is 0 Å². The van der Waals surface area contributed by atoms with Crippen LogP contribution in [0.2, 0.25) is 15.1 Å². The van der Waals surface area contributed by atoms with E-state index in [1.807, 2.05) is 5.32 Å². The van der Waals surface area contributed by atoms with Crippen LogP contribution in [-0.4, -0.2) is 9.55 Å². The molecule has 0 aliphatic heterocycles. The Bertz CT molecular complexity index is 1330. The van der Waals surface area contributed by atoms with Crippen molar-refractivity contribution in [1.29, 1.82) is 0 Å². The molecule has 188 valence electrons. The highest BCUT2D eigenvalue weighted by molar-refractivity contribution is 6.34. The maximum absolute atomic E-state index is 13.4. The third-order valence-corrected chi connectivity index (χ3v) is 5.33. The predicted octanol–water partition coefficient (Wildman–Crippen LogP) is 7.99. The molecule has 1 aromatic heterocycles. The summed E-state index contributed by atoms with van der Waals surface area (Å²) in [6.45, 7) is 0. The van der Waals surface area contributed by atoms with Gasteiger partial charge in [-0.25, -0.2) is 9.55 Å². The van der Waals surface area contributed by atoms with E-state index in [4.69, 9.17) is 34.8 Å². The van der Waals surface area contributed by atoms with E-state index in [0.717, 1.165) is 12.1 Å². The molecule has 0 bridgehead atoms. The van der Waals surface area contributed by atoms with Crippen LogP contribution in [-0.2, 0) is 18.5 Å². The van der Waals surface area contributed by atoms with E-state index in [-0.39, 0.29) is 22.8 Å². The van der Waals surface area contributed by atoms with Gasteiger partial charge in [-0.3, -0.25) is 4.79 Å². The molecule has 0 amide bonds. The Balaban J connectivity index is 2.36. The number of alkyl halides is 9. The number of nitrogens with one attached hydrogen (secondary N) is 1. The summed E-state index contributed by atoms with van der Waals surface area (Å²) in [5.74, 6) is -1.12. The van der Waals surface area contributed by atoms with Crippen molar-refractivity contribution in [3.05, 3.63) is 78.6 Å². The number of hydrogen-bond donors (Lipinski definition) is 1. The molecule has 16 heteroatoms. The molecule has 1 heterocycles. The highest BCUT2D eigenvalue weighted by atomic mass is 35.5. The minimum absolute atomic E-state index is 0.123. The van der Waals surface area contributed by atoms with Crippen molar-refractivity contribution >= 4 is 46.4 Å². The smallest absolute Gasteiger partial charge is 0.324 e. The largest absolute Gasteiger partial charge is 0.435 e. The highest BCUT2D eigenvalue weighted by Gasteiger charge is 2.41. The summed E-state index contributed by atoms with van der Waals surface area (Å²) in [5.41, 5.74) is -8.55. The molecule has 3 aromatic rings. The predicted molar refractivity (Wildman–Crippen MR) is 110 cm³/mol. The molecule has 35 heavy (non-hydrogen) atoms. The Morgan fingerprint density at radius 1 is 0.771 bits per heavy atom. The molecule has 0 fully saturated rings. The van der Waals surface area contributed by atoms with E-state index in [2.05, 4.69) is 4.98 Å². The van der Waals surface area contributed by atoms with E-state index >= 15 is 0 Å². The second kappa shape index (κ2) is 9.10. The fourth-order valence-electron chi connectivity index (χ4n) is 2.81. The van der Waals surface area contributed by atoms with Gasteiger partial charge in [0.15, 0.2) is 5.69 Å². The average molecular weight is 571 g/mol. The van der Waals surface area contributed by atoms with Crippen molar-refractivity contribution in [2.75, 3.05) is 5.32 Å². The Hall–Kier alpha value is -2.64. The summed E-state index contributed by atoms with van der Waals surface area (Å²) in [6.07, 6.45) is -16.0. The van der Waals surface area contributed by atoms with E-state index in [1.54, 1.807) is 0 Å². The molecular weight excluding hydrogens is 564 g/mol. The van der Waals surface area contributed by atoms with E-state index in [9.17, 15) is 44.3 Å². The minimum Gasteiger partial charge on any atom is -0.324 e. The average Bonchev–Trinajstić information content (AvgIpc) is 2.70. The summed E-state index contributed by atoms with van der Waals surface area (Å²) in [7, 11) is 0. The monoisotopic (exact) mass is 569 g/mol. The van der Waals surface area contributed by atoms with Gasteiger partial charge >= 0.3 is 18.5 Å². The van der Waals surface area contributed by atoms with Crippen LogP contribution in [0, 0.1) is 0 Å². The van der Waals surface area contributed by atoms with Crippen molar-refractivity contribution in [3.63, 3.8) is 0 Å². The SMILES string of the molecule is O=c1c(Cl)c(C(F)(F)F)nc(Nc2cc(C(F)(F)F)cc(C(F)(F)F)c2Cl)n1-c1ccc(Cl)cc1. The van der Waals surface area contributed by atoms with Gasteiger partial charge in [-0.1, -0.05) is 34.8 Å². The lowest BCUT2D eigenvalue weighted by Crippen LogP contribution is -2.27. The molecule has 0 saturated heterocycles. The zero-order chi connectivity index (χ0) is 26.5. The third kappa shape index (κ3) is 5.62. The Morgan fingerprint density at radius 2 is 1.34 bits per heavy atom. The van der Waals surface area contributed by atoms with E-state index in [0.29, 0.717) is 4.57 Å².